The topological polar surface area (TPSA) is 87.4 Å². The van der Waals surface area contributed by atoms with Crippen LogP contribution in [-0.2, 0) is 19.8 Å². The highest BCUT2D eigenvalue weighted by atomic mass is 35.5. The van der Waals surface area contributed by atoms with Gasteiger partial charge in [0.1, 0.15) is 0 Å². The summed E-state index contributed by atoms with van der Waals surface area (Å²) in [5, 5.41) is 13.4. The Labute approximate surface area is 192 Å². The molecule has 1 fully saturated rings. The minimum atomic E-state index is -4.54. The highest BCUT2D eigenvalue weighted by Crippen LogP contribution is 2.33. The average Bonchev–Trinajstić information content (AvgIpc) is 3.41. The van der Waals surface area contributed by atoms with Crippen LogP contribution in [-0.4, -0.2) is 55.0 Å². The summed E-state index contributed by atoms with van der Waals surface area (Å²) in [7, 11) is 1.79. The van der Waals surface area contributed by atoms with Gasteiger partial charge in [-0.15, -0.1) is 0 Å². The molecule has 8 nitrogen and oxygen atoms in total. The van der Waals surface area contributed by atoms with Gasteiger partial charge in [0.15, 0.2) is 0 Å². The van der Waals surface area contributed by atoms with E-state index in [0.717, 1.165) is 23.3 Å². The maximum absolute atomic E-state index is 13.3. The molecule has 1 aliphatic rings. The van der Waals surface area contributed by atoms with Crippen LogP contribution in [0.25, 0.3) is 11.1 Å². The molecule has 0 radical (unpaired) electrons. The Bertz CT molecular complexity index is 1150. The molecule has 0 bridgehead atoms. The van der Waals surface area contributed by atoms with Gasteiger partial charge in [-0.2, -0.15) is 18.3 Å². The SMILES string of the molecule is Cn1cc(-c2cnc(N(Cc3cc(Cl)cc(C(F)(F)F)c3)[C@H]3CCN(C(=O)O)C3)nc2)cn1. The lowest BCUT2D eigenvalue weighted by Gasteiger charge is -2.29. The zero-order valence-corrected chi connectivity index (χ0v) is 18.3. The number of aryl methyl sites for hydroxylation is 1. The molecule has 3 aromatic rings. The van der Waals surface area contributed by atoms with Gasteiger partial charge < -0.3 is 14.9 Å². The van der Waals surface area contributed by atoms with Crippen molar-refractivity contribution in [3.05, 3.63) is 59.1 Å². The number of hydrogen-bond acceptors (Lipinski definition) is 5. The number of rotatable bonds is 5. The molecular formula is C21H20ClF3N6O2. The first kappa shape index (κ1) is 22.8. The molecule has 1 saturated heterocycles. The molecule has 2 aromatic heterocycles. The van der Waals surface area contributed by atoms with Crippen LogP contribution < -0.4 is 4.90 Å². The number of carboxylic acid groups (broad SMARTS) is 1. The Hall–Kier alpha value is -3.34. The van der Waals surface area contributed by atoms with Gasteiger partial charge in [-0.05, 0) is 30.2 Å². The zero-order valence-electron chi connectivity index (χ0n) is 17.5. The number of aromatic nitrogens is 4. The molecule has 4 rings (SSSR count). The summed E-state index contributed by atoms with van der Waals surface area (Å²) in [6.07, 6.45) is 1.59. The minimum Gasteiger partial charge on any atom is -0.465 e. The molecule has 1 amide bonds. The summed E-state index contributed by atoms with van der Waals surface area (Å²) in [5.74, 6) is 0.286. The molecule has 0 aliphatic carbocycles. The van der Waals surface area contributed by atoms with Crippen LogP contribution in [0.2, 0.25) is 5.02 Å². The molecule has 0 saturated carbocycles. The lowest BCUT2D eigenvalue weighted by Crippen LogP contribution is -2.39. The van der Waals surface area contributed by atoms with E-state index in [4.69, 9.17) is 11.6 Å². The maximum atomic E-state index is 13.3. The van der Waals surface area contributed by atoms with Crippen LogP contribution in [0.15, 0.2) is 43.0 Å². The number of anilines is 1. The Balaban J connectivity index is 1.66. The number of carbonyl (C=O) groups is 1. The van der Waals surface area contributed by atoms with Crippen molar-refractivity contribution in [1.29, 1.82) is 0 Å². The van der Waals surface area contributed by atoms with Crippen molar-refractivity contribution in [2.75, 3.05) is 18.0 Å². The van der Waals surface area contributed by atoms with E-state index in [1.54, 1.807) is 35.2 Å². The lowest BCUT2D eigenvalue weighted by atomic mass is 10.1. The van der Waals surface area contributed by atoms with E-state index < -0.39 is 17.8 Å². The van der Waals surface area contributed by atoms with E-state index in [9.17, 15) is 23.1 Å². The van der Waals surface area contributed by atoms with Crippen LogP contribution in [0.4, 0.5) is 23.9 Å². The number of benzene rings is 1. The Morgan fingerprint density at radius 3 is 2.52 bits per heavy atom. The highest BCUT2D eigenvalue weighted by Gasteiger charge is 2.34. The number of nitrogens with zero attached hydrogens (tertiary/aromatic N) is 6. The first-order valence-corrected chi connectivity index (χ1v) is 10.4. The second-order valence-corrected chi connectivity index (χ2v) is 8.26. The highest BCUT2D eigenvalue weighted by molar-refractivity contribution is 6.30. The van der Waals surface area contributed by atoms with Crippen molar-refractivity contribution in [2.24, 2.45) is 7.05 Å². The van der Waals surface area contributed by atoms with Gasteiger partial charge in [0.2, 0.25) is 5.95 Å². The Morgan fingerprint density at radius 2 is 1.94 bits per heavy atom. The molecule has 1 aliphatic heterocycles. The van der Waals surface area contributed by atoms with E-state index in [-0.39, 0.29) is 30.1 Å². The Morgan fingerprint density at radius 1 is 1.21 bits per heavy atom. The number of alkyl halides is 3. The normalized spacial score (nSPS) is 16.3. The Kier molecular flexibility index (Phi) is 6.15. The summed E-state index contributed by atoms with van der Waals surface area (Å²) in [4.78, 5) is 23.2. The van der Waals surface area contributed by atoms with Gasteiger partial charge in [0.25, 0.3) is 0 Å². The first-order chi connectivity index (χ1) is 15.6. The molecule has 12 heteroatoms. The third-order valence-corrected chi connectivity index (χ3v) is 5.66. The minimum absolute atomic E-state index is 0.0357. The molecule has 174 valence electrons. The summed E-state index contributed by atoms with van der Waals surface area (Å²) >= 11 is 5.96. The molecule has 0 unspecified atom stereocenters. The van der Waals surface area contributed by atoms with Crippen LogP contribution in [0.3, 0.4) is 0 Å². The van der Waals surface area contributed by atoms with Crippen molar-refractivity contribution in [3.8, 4) is 11.1 Å². The number of hydrogen-bond donors (Lipinski definition) is 1. The third kappa shape index (κ3) is 5.19. The zero-order chi connectivity index (χ0) is 23.8. The second kappa shape index (κ2) is 8.89. The lowest BCUT2D eigenvalue weighted by molar-refractivity contribution is -0.137. The molecule has 1 atom stereocenters. The fourth-order valence-electron chi connectivity index (χ4n) is 3.82. The van der Waals surface area contributed by atoms with Gasteiger partial charge in [0.05, 0.1) is 17.8 Å². The van der Waals surface area contributed by atoms with E-state index in [2.05, 4.69) is 15.1 Å². The molecule has 1 N–H and O–H groups in total. The largest absolute Gasteiger partial charge is 0.465 e. The van der Waals surface area contributed by atoms with Gasteiger partial charge in [-0.25, -0.2) is 14.8 Å². The van der Waals surface area contributed by atoms with Gasteiger partial charge >= 0.3 is 12.3 Å². The van der Waals surface area contributed by atoms with Crippen molar-refractivity contribution >= 4 is 23.6 Å². The summed E-state index contributed by atoms with van der Waals surface area (Å²) in [6, 6.07) is 3.06. The van der Waals surface area contributed by atoms with Gasteiger partial charge in [0, 0.05) is 61.4 Å². The monoisotopic (exact) mass is 480 g/mol. The van der Waals surface area contributed by atoms with E-state index >= 15 is 0 Å². The van der Waals surface area contributed by atoms with Gasteiger partial charge in [-0.3, -0.25) is 4.68 Å². The van der Waals surface area contributed by atoms with Crippen LogP contribution >= 0.6 is 11.6 Å². The van der Waals surface area contributed by atoms with Crippen molar-refractivity contribution in [2.45, 2.75) is 25.2 Å². The second-order valence-electron chi connectivity index (χ2n) is 7.82. The maximum Gasteiger partial charge on any atom is 0.416 e. The third-order valence-electron chi connectivity index (χ3n) is 5.45. The van der Waals surface area contributed by atoms with E-state index in [1.807, 2.05) is 6.20 Å². The quantitative estimate of drug-likeness (QED) is 0.585. The van der Waals surface area contributed by atoms with E-state index in [0.29, 0.717) is 18.5 Å². The predicted molar refractivity (Wildman–Crippen MR) is 115 cm³/mol. The summed E-state index contributed by atoms with van der Waals surface area (Å²) < 4.78 is 41.5. The molecule has 0 spiro atoms. The molecule has 3 heterocycles. The molecule has 1 aromatic carbocycles. The van der Waals surface area contributed by atoms with Crippen LogP contribution in [0.5, 0.6) is 0 Å². The fraction of sp³-hybridized carbons (Fsp3) is 0.333. The standard InChI is InChI=1S/C21H20ClF3N6O2/c1-29-11-15(9-28-29)14-7-26-19(27-8-14)31(18-2-3-30(12-18)20(32)33)10-13-4-16(21(23,24)25)6-17(22)5-13/h4-9,11,18H,2-3,10,12H2,1H3,(H,32,33)/t18-/m0/s1. The molecule has 33 heavy (non-hydrogen) atoms. The molecular weight excluding hydrogens is 461 g/mol. The predicted octanol–water partition coefficient (Wildman–Crippen LogP) is 4.31. The summed E-state index contributed by atoms with van der Waals surface area (Å²) in [5.41, 5.74) is 1.02. The smallest absolute Gasteiger partial charge is 0.416 e. The van der Waals surface area contributed by atoms with Crippen molar-refractivity contribution in [1.82, 2.24) is 24.6 Å². The van der Waals surface area contributed by atoms with Crippen molar-refractivity contribution < 1.29 is 23.1 Å². The fourth-order valence-corrected chi connectivity index (χ4v) is 4.08. The average molecular weight is 481 g/mol. The number of likely N-dealkylation sites (tertiary alicyclic amines) is 1. The van der Waals surface area contributed by atoms with Gasteiger partial charge in [-0.1, -0.05) is 11.6 Å². The van der Waals surface area contributed by atoms with Crippen LogP contribution in [0.1, 0.15) is 17.5 Å². The number of amides is 1. The summed E-state index contributed by atoms with van der Waals surface area (Å²) in [6.45, 7) is 0.539. The van der Waals surface area contributed by atoms with Crippen LogP contribution in [0, 0.1) is 0 Å². The van der Waals surface area contributed by atoms with Crippen molar-refractivity contribution in [3.63, 3.8) is 0 Å². The van der Waals surface area contributed by atoms with E-state index in [1.165, 1.54) is 11.0 Å². The number of halogens is 4. The first-order valence-electron chi connectivity index (χ1n) is 10.0.